The van der Waals surface area contributed by atoms with Gasteiger partial charge in [0.25, 0.3) is 0 Å². The van der Waals surface area contributed by atoms with Crippen molar-refractivity contribution in [3.63, 3.8) is 0 Å². The molecule has 0 N–H and O–H groups in total. The minimum atomic E-state index is 0.223. The van der Waals surface area contributed by atoms with Crippen LogP contribution in [-0.4, -0.2) is 39.0 Å². The van der Waals surface area contributed by atoms with Gasteiger partial charge in [0, 0.05) is 31.6 Å². The minimum Gasteiger partial charge on any atom is -0.343 e. The van der Waals surface area contributed by atoms with E-state index in [0.717, 1.165) is 44.5 Å². The fraction of sp³-hybridized carbons (Fsp3) is 0.474. The van der Waals surface area contributed by atoms with Crippen molar-refractivity contribution in [3.05, 3.63) is 42.4 Å². The van der Waals surface area contributed by atoms with Gasteiger partial charge in [0.2, 0.25) is 17.6 Å². The van der Waals surface area contributed by atoms with Crippen molar-refractivity contribution in [1.82, 2.24) is 20.0 Å². The third-order valence-electron chi connectivity index (χ3n) is 5.08. The van der Waals surface area contributed by atoms with Crippen molar-refractivity contribution in [1.29, 1.82) is 0 Å². The van der Waals surface area contributed by atoms with Crippen LogP contribution in [0, 0.1) is 5.92 Å². The molecule has 1 amide bonds. The molecule has 0 unspecified atom stereocenters. The van der Waals surface area contributed by atoms with Crippen LogP contribution in [-0.2, 0) is 4.79 Å². The van der Waals surface area contributed by atoms with Crippen molar-refractivity contribution in [2.75, 3.05) is 13.1 Å². The van der Waals surface area contributed by atoms with Crippen LogP contribution in [0.25, 0.3) is 11.5 Å². The molecule has 6 nitrogen and oxygen atoms in total. The molecule has 4 rings (SSSR count). The molecule has 0 radical (unpaired) electrons. The van der Waals surface area contributed by atoms with Crippen molar-refractivity contribution in [2.24, 2.45) is 5.92 Å². The molecule has 1 atom stereocenters. The Morgan fingerprint density at radius 1 is 1.24 bits per heavy atom. The van der Waals surface area contributed by atoms with Crippen LogP contribution in [0.5, 0.6) is 0 Å². The summed E-state index contributed by atoms with van der Waals surface area (Å²) in [6.45, 7) is 1.53. The molecular formula is C19H22N4O2. The number of rotatable bonds is 4. The van der Waals surface area contributed by atoms with Crippen molar-refractivity contribution < 1.29 is 9.32 Å². The lowest BCUT2D eigenvalue weighted by atomic mass is 9.95. The first-order chi connectivity index (χ1) is 12.3. The quantitative estimate of drug-likeness (QED) is 0.801. The smallest absolute Gasteiger partial charge is 0.230 e. The summed E-state index contributed by atoms with van der Waals surface area (Å²) in [5.74, 6) is 2.12. The summed E-state index contributed by atoms with van der Waals surface area (Å²) < 4.78 is 5.45. The Morgan fingerprint density at radius 2 is 2.12 bits per heavy atom. The van der Waals surface area contributed by atoms with E-state index in [1.807, 2.05) is 23.1 Å². The normalized spacial score (nSPS) is 21.0. The molecule has 25 heavy (non-hydrogen) atoms. The fourth-order valence-electron chi connectivity index (χ4n) is 3.59. The third kappa shape index (κ3) is 3.62. The molecule has 1 saturated heterocycles. The number of hydrogen-bond donors (Lipinski definition) is 0. The Labute approximate surface area is 146 Å². The van der Waals surface area contributed by atoms with Gasteiger partial charge in [0.05, 0.1) is 0 Å². The number of nitrogens with zero attached hydrogens (tertiary/aromatic N) is 4. The maximum Gasteiger partial charge on any atom is 0.230 e. The lowest BCUT2D eigenvalue weighted by molar-refractivity contribution is -0.133. The number of piperidine rings is 1. The summed E-state index contributed by atoms with van der Waals surface area (Å²) in [7, 11) is 0. The summed E-state index contributed by atoms with van der Waals surface area (Å²) in [5, 5.41) is 4.05. The molecule has 0 saturated carbocycles. The highest BCUT2D eigenvalue weighted by Crippen LogP contribution is 2.29. The van der Waals surface area contributed by atoms with E-state index in [0.29, 0.717) is 24.1 Å². The monoisotopic (exact) mass is 338 g/mol. The van der Waals surface area contributed by atoms with Gasteiger partial charge in [-0.3, -0.25) is 9.78 Å². The van der Waals surface area contributed by atoms with Gasteiger partial charge < -0.3 is 9.42 Å². The van der Waals surface area contributed by atoms with Crippen LogP contribution in [0.3, 0.4) is 0 Å². The fourth-order valence-corrected chi connectivity index (χ4v) is 3.59. The summed E-state index contributed by atoms with van der Waals surface area (Å²) in [5.41, 5.74) is 0.717. The van der Waals surface area contributed by atoms with Gasteiger partial charge in [0.15, 0.2) is 0 Å². The average Bonchev–Trinajstić information content (AvgIpc) is 3.34. The van der Waals surface area contributed by atoms with E-state index in [1.54, 1.807) is 6.20 Å². The van der Waals surface area contributed by atoms with Crippen molar-refractivity contribution >= 4 is 5.91 Å². The number of hydrogen-bond acceptors (Lipinski definition) is 5. The van der Waals surface area contributed by atoms with Gasteiger partial charge in [-0.05, 0) is 43.7 Å². The predicted molar refractivity (Wildman–Crippen MR) is 92.6 cm³/mol. The number of pyridine rings is 1. The second-order valence-electron chi connectivity index (χ2n) is 6.80. The van der Waals surface area contributed by atoms with Crippen LogP contribution in [0.1, 0.15) is 43.9 Å². The van der Waals surface area contributed by atoms with E-state index in [-0.39, 0.29) is 11.8 Å². The van der Waals surface area contributed by atoms with Crippen LogP contribution in [0.15, 0.2) is 41.1 Å². The zero-order valence-electron chi connectivity index (χ0n) is 14.2. The molecule has 1 fully saturated rings. The molecule has 1 aliphatic heterocycles. The maximum absolute atomic E-state index is 12.4. The average molecular weight is 338 g/mol. The van der Waals surface area contributed by atoms with Crippen LogP contribution < -0.4 is 0 Å². The molecule has 1 aliphatic carbocycles. The lowest BCUT2D eigenvalue weighted by Gasteiger charge is -2.31. The van der Waals surface area contributed by atoms with E-state index in [2.05, 4.69) is 27.3 Å². The summed E-state index contributed by atoms with van der Waals surface area (Å²) >= 11 is 0. The van der Waals surface area contributed by atoms with Crippen LogP contribution >= 0.6 is 0 Å². The van der Waals surface area contributed by atoms with E-state index in [4.69, 9.17) is 4.52 Å². The van der Waals surface area contributed by atoms with Crippen molar-refractivity contribution in [3.8, 4) is 11.5 Å². The zero-order valence-corrected chi connectivity index (χ0v) is 14.2. The predicted octanol–water partition coefficient (Wildman–Crippen LogP) is 3.19. The Morgan fingerprint density at radius 3 is 2.84 bits per heavy atom. The van der Waals surface area contributed by atoms with Gasteiger partial charge in [-0.2, -0.15) is 4.98 Å². The highest BCUT2D eigenvalue weighted by molar-refractivity contribution is 5.76. The lowest BCUT2D eigenvalue weighted by Crippen LogP contribution is -2.38. The SMILES string of the molecule is O=C(C[C@H]1C=CCC1)N1CCC(c2nc(-c3ccccn3)no2)CC1. The van der Waals surface area contributed by atoms with E-state index >= 15 is 0 Å². The van der Waals surface area contributed by atoms with Gasteiger partial charge >= 0.3 is 0 Å². The highest BCUT2D eigenvalue weighted by Gasteiger charge is 2.28. The topological polar surface area (TPSA) is 72.1 Å². The molecule has 0 spiro atoms. The Kier molecular flexibility index (Phi) is 4.59. The largest absolute Gasteiger partial charge is 0.343 e. The molecular weight excluding hydrogens is 316 g/mol. The van der Waals surface area contributed by atoms with Gasteiger partial charge in [-0.25, -0.2) is 0 Å². The second kappa shape index (κ2) is 7.17. The molecule has 2 aromatic heterocycles. The summed E-state index contributed by atoms with van der Waals surface area (Å²) in [6, 6.07) is 5.63. The first kappa shape index (κ1) is 16.0. The summed E-state index contributed by atoms with van der Waals surface area (Å²) in [4.78, 5) is 23.2. The van der Waals surface area contributed by atoms with Gasteiger partial charge in [-0.1, -0.05) is 23.4 Å². The number of carbonyl (C=O) groups is 1. The molecule has 0 bridgehead atoms. The summed E-state index contributed by atoms with van der Waals surface area (Å²) in [6.07, 6.45) is 10.7. The third-order valence-corrected chi connectivity index (χ3v) is 5.08. The van der Waals surface area contributed by atoms with E-state index in [1.165, 1.54) is 0 Å². The molecule has 0 aromatic carbocycles. The minimum absolute atomic E-state index is 0.223. The molecule has 130 valence electrons. The maximum atomic E-state index is 12.4. The Hall–Kier alpha value is -2.50. The molecule has 2 aliphatic rings. The number of likely N-dealkylation sites (tertiary alicyclic amines) is 1. The van der Waals surface area contributed by atoms with Crippen molar-refractivity contribution in [2.45, 2.75) is 38.0 Å². The number of allylic oxidation sites excluding steroid dienone is 2. The van der Waals surface area contributed by atoms with Gasteiger partial charge in [-0.15, -0.1) is 0 Å². The molecule has 3 heterocycles. The highest BCUT2D eigenvalue weighted by atomic mass is 16.5. The first-order valence-corrected chi connectivity index (χ1v) is 8.99. The number of aromatic nitrogens is 3. The van der Waals surface area contributed by atoms with Crippen LogP contribution in [0.2, 0.25) is 0 Å². The standard InChI is InChI=1S/C19H22N4O2/c24-17(13-14-5-1-2-6-14)23-11-8-15(9-12-23)19-21-18(22-25-19)16-7-3-4-10-20-16/h1,3-5,7,10,14-15H,2,6,8-9,11-13H2/t14-/m0/s1. The Bertz CT molecular complexity index is 748. The first-order valence-electron chi connectivity index (χ1n) is 8.99. The van der Waals surface area contributed by atoms with E-state index < -0.39 is 0 Å². The van der Waals surface area contributed by atoms with E-state index in [9.17, 15) is 4.79 Å². The Balaban J connectivity index is 1.33. The van der Waals surface area contributed by atoms with Gasteiger partial charge in [0.1, 0.15) is 5.69 Å². The second-order valence-corrected chi connectivity index (χ2v) is 6.80. The molecule has 6 heteroatoms. The molecule has 2 aromatic rings. The zero-order chi connectivity index (χ0) is 17.1. The van der Waals surface area contributed by atoms with Crippen LogP contribution in [0.4, 0.5) is 0 Å². The number of carbonyl (C=O) groups excluding carboxylic acids is 1. The number of amides is 1.